The highest BCUT2D eigenvalue weighted by Gasteiger charge is 2.33. The normalized spacial score (nSPS) is 16.2. The van der Waals surface area contributed by atoms with Crippen LogP contribution < -0.4 is 10.2 Å². The van der Waals surface area contributed by atoms with E-state index in [1.807, 2.05) is 4.90 Å². The second-order valence-electron chi connectivity index (χ2n) is 5.98. The van der Waals surface area contributed by atoms with E-state index >= 15 is 0 Å². The fourth-order valence-electron chi connectivity index (χ4n) is 2.67. The van der Waals surface area contributed by atoms with Crippen LogP contribution in [0.15, 0.2) is 30.5 Å². The second kappa shape index (κ2) is 6.62. The Balaban J connectivity index is 1.81. The van der Waals surface area contributed by atoms with Crippen molar-refractivity contribution in [1.82, 2.24) is 15.2 Å². The summed E-state index contributed by atoms with van der Waals surface area (Å²) < 4.78 is 39.2. The molecule has 0 saturated carbocycles. The van der Waals surface area contributed by atoms with Gasteiger partial charge in [-0.1, -0.05) is 19.1 Å². The van der Waals surface area contributed by atoms with Crippen molar-refractivity contribution in [2.45, 2.75) is 25.9 Å². The quantitative estimate of drug-likeness (QED) is 0.921. The number of piperidine rings is 1. The van der Waals surface area contributed by atoms with Crippen molar-refractivity contribution in [3.8, 4) is 0 Å². The number of para-hydroxylation sites is 1. The molecule has 1 N–H and O–H groups in total. The van der Waals surface area contributed by atoms with E-state index < -0.39 is 11.7 Å². The van der Waals surface area contributed by atoms with Gasteiger partial charge < -0.3 is 10.2 Å². The van der Waals surface area contributed by atoms with Crippen LogP contribution in [0.25, 0.3) is 0 Å². The monoisotopic (exact) mass is 337 g/mol. The summed E-state index contributed by atoms with van der Waals surface area (Å²) in [5.74, 6) is 1.35. The van der Waals surface area contributed by atoms with E-state index in [0.29, 0.717) is 11.9 Å². The molecule has 1 aliphatic rings. The van der Waals surface area contributed by atoms with Crippen molar-refractivity contribution in [3.63, 3.8) is 0 Å². The van der Waals surface area contributed by atoms with E-state index in [4.69, 9.17) is 0 Å². The van der Waals surface area contributed by atoms with E-state index in [2.05, 4.69) is 27.4 Å². The maximum Gasteiger partial charge on any atom is 0.418 e. The molecular formula is C16H18F3N5. The zero-order valence-corrected chi connectivity index (χ0v) is 13.2. The summed E-state index contributed by atoms with van der Waals surface area (Å²) in [6.45, 7) is 3.85. The maximum absolute atomic E-state index is 13.1. The number of aromatic nitrogens is 3. The molecule has 1 aromatic carbocycles. The Labute approximate surface area is 137 Å². The molecule has 5 nitrogen and oxygen atoms in total. The van der Waals surface area contributed by atoms with Gasteiger partial charge in [-0.3, -0.25) is 0 Å². The number of alkyl halides is 3. The van der Waals surface area contributed by atoms with Crippen molar-refractivity contribution in [2.24, 2.45) is 5.92 Å². The average Bonchev–Trinajstić information content (AvgIpc) is 2.55. The molecule has 128 valence electrons. The van der Waals surface area contributed by atoms with Crippen LogP contribution in [0.3, 0.4) is 0 Å². The molecule has 24 heavy (non-hydrogen) atoms. The molecular weight excluding hydrogens is 319 g/mol. The van der Waals surface area contributed by atoms with Gasteiger partial charge in [0, 0.05) is 13.1 Å². The summed E-state index contributed by atoms with van der Waals surface area (Å²) in [6, 6.07) is 5.29. The van der Waals surface area contributed by atoms with Gasteiger partial charge >= 0.3 is 6.18 Å². The first-order chi connectivity index (χ1) is 11.4. The number of benzene rings is 1. The number of nitrogens with one attached hydrogen (secondary N) is 1. The number of halogens is 3. The molecule has 8 heteroatoms. The highest BCUT2D eigenvalue weighted by Crippen LogP contribution is 2.35. The van der Waals surface area contributed by atoms with E-state index in [1.54, 1.807) is 6.07 Å². The van der Waals surface area contributed by atoms with E-state index in [-0.39, 0.29) is 11.5 Å². The van der Waals surface area contributed by atoms with Gasteiger partial charge in [0.05, 0.1) is 17.4 Å². The third-order valence-corrected chi connectivity index (χ3v) is 4.11. The van der Waals surface area contributed by atoms with Crippen LogP contribution >= 0.6 is 0 Å². The summed E-state index contributed by atoms with van der Waals surface area (Å²) in [5.41, 5.74) is -0.791. The largest absolute Gasteiger partial charge is 0.418 e. The van der Waals surface area contributed by atoms with Crippen LogP contribution in [0.5, 0.6) is 0 Å². The highest BCUT2D eigenvalue weighted by molar-refractivity contribution is 5.61. The lowest BCUT2D eigenvalue weighted by Crippen LogP contribution is -2.34. The van der Waals surface area contributed by atoms with Crippen molar-refractivity contribution >= 4 is 17.5 Å². The predicted molar refractivity (Wildman–Crippen MR) is 85.2 cm³/mol. The molecule has 1 aliphatic heterocycles. The molecule has 0 atom stereocenters. The predicted octanol–water partition coefficient (Wildman–Crippen LogP) is 3.87. The van der Waals surface area contributed by atoms with E-state index in [1.165, 1.54) is 18.3 Å². The van der Waals surface area contributed by atoms with Gasteiger partial charge in [0.15, 0.2) is 5.82 Å². The molecule has 2 heterocycles. The van der Waals surface area contributed by atoms with Gasteiger partial charge in [0.25, 0.3) is 0 Å². The molecule has 0 spiro atoms. The zero-order valence-electron chi connectivity index (χ0n) is 13.2. The van der Waals surface area contributed by atoms with E-state index in [9.17, 15) is 13.2 Å². The van der Waals surface area contributed by atoms with Crippen LogP contribution in [-0.2, 0) is 6.18 Å². The summed E-state index contributed by atoms with van der Waals surface area (Å²) in [7, 11) is 0. The Kier molecular flexibility index (Phi) is 4.55. The Bertz CT molecular complexity index is 696. The lowest BCUT2D eigenvalue weighted by Gasteiger charge is -2.29. The summed E-state index contributed by atoms with van der Waals surface area (Å²) in [4.78, 5) is 6.32. The van der Waals surface area contributed by atoms with Crippen LogP contribution in [0.1, 0.15) is 25.3 Å². The topological polar surface area (TPSA) is 53.9 Å². The second-order valence-corrected chi connectivity index (χ2v) is 5.98. The lowest BCUT2D eigenvalue weighted by molar-refractivity contribution is -0.136. The molecule has 0 unspecified atom stereocenters. The van der Waals surface area contributed by atoms with Crippen molar-refractivity contribution in [1.29, 1.82) is 0 Å². The Morgan fingerprint density at radius 2 is 1.88 bits per heavy atom. The minimum Gasteiger partial charge on any atom is -0.339 e. The first-order valence-corrected chi connectivity index (χ1v) is 7.81. The maximum atomic E-state index is 13.1. The van der Waals surface area contributed by atoms with Gasteiger partial charge in [0.2, 0.25) is 5.95 Å². The summed E-state index contributed by atoms with van der Waals surface area (Å²) in [6.07, 6.45) is -1.03. The third-order valence-electron chi connectivity index (χ3n) is 4.11. The Morgan fingerprint density at radius 3 is 2.58 bits per heavy atom. The van der Waals surface area contributed by atoms with Crippen LogP contribution in [0, 0.1) is 5.92 Å². The van der Waals surface area contributed by atoms with Gasteiger partial charge in [-0.2, -0.15) is 23.3 Å². The number of hydrogen-bond donors (Lipinski definition) is 1. The zero-order chi connectivity index (χ0) is 17.2. The Hall–Kier alpha value is -2.38. The van der Waals surface area contributed by atoms with Crippen molar-refractivity contribution < 1.29 is 13.2 Å². The van der Waals surface area contributed by atoms with Crippen LogP contribution in [0.4, 0.5) is 30.6 Å². The first-order valence-electron chi connectivity index (χ1n) is 7.81. The molecule has 0 bridgehead atoms. The number of anilines is 3. The van der Waals surface area contributed by atoms with Crippen molar-refractivity contribution in [2.75, 3.05) is 23.3 Å². The fraction of sp³-hybridized carbons (Fsp3) is 0.438. The van der Waals surface area contributed by atoms with E-state index in [0.717, 1.165) is 32.0 Å². The van der Waals surface area contributed by atoms with Crippen molar-refractivity contribution in [3.05, 3.63) is 36.0 Å². The van der Waals surface area contributed by atoms with Gasteiger partial charge in [-0.15, -0.1) is 5.10 Å². The lowest BCUT2D eigenvalue weighted by atomic mass is 10.00. The minimum absolute atomic E-state index is 0.0521. The smallest absolute Gasteiger partial charge is 0.339 e. The molecule has 2 aromatic rings. The highest BCUT2D eigenvalue weighted by atomic mass is 19.4. The first kappa shape index (κ1) is 16.5. The summed E-state index contributed by atoms with van der Waals surface area (Å²) in [5, 5.41) is 10.6. The SMILES string of the molecule is CC1CCN(c2nncc(Nc3ccccc3C(F)(F)F)n2)CC1. The van der Waals surface area contributed by atoms with Gasteiger partial charge in [-0.25, -0.2) is 0 Å². The fourth-order valence-corrected chi connectivity index (χ4v) is 2.67. The molecule has 3 rings (SSSR count). The number of hydrogen-bond acceptors (Lipinski definition) is 5. The third kappa shape index (κ3) is 3.74. The Morgan fingerprint density at radius 1 is 1.17 bits per heavy atom. The molecule has 0 amide bonds. The minimum atomic E-state index is -4.43. The molecule has 0 aliphatic carbocycles. The molecule has 1 fully saturated rings. The molecule has 1 saturated heterocycles. The summed E-state index contributed by atoms with van der Waals surface area (Å²) >= 11 is 0. The van der Waals surface area contributed by atoms with Crippen LogP contribution in [0.2, 0.25) is 0 Å². The molecule has 1 aromatic heterocycles. The number of nitrogens with zero attached hydrogens (tertiary/aromatic N) is 4. The van der Waals surface area contributed by atoms with Gasteiger partial charge in [-0.05, 0) is 30.9 Å². The standard InChI is InChI=1S/C16H18F3N5/c1-11-6-8-24(9-7-11)15-22-14(10-20-23-15)21-13-5-3-2-4-12(13)16(17,18)19/h2-5,10-11H,6-9H2,1H3,(H,21,22,23). The van der Waals surface area contributed by atoms with Crippen LogP contribution in [-0.4, -0.2) is 28.3 Å². The molecule has 0 radical (unpaired) electrons. The average molecular weight is 337 g/mol. The van der Waals surface area contributed by atoms with Gasteiger partial charge in [0.1, 0.15) is 0 Å². The number of rotatable bonds is 3.